The fraction of sp³-hybridized carbons (Fsp3) is 0.667. The van der Waals surface area contributed by atoms with Gasteiger partial charge in [0.15, 0.2) is 11.5 Å². The maximum Gasteiger partial charge on any atom is 0.178 e. The zero-order valence-corrected chi connectivity index (χ0v) is 12.9. The van der Waals surface area contributed by atoms with Crippen molar-refractivity contribution in [3.63, 3.8) is 0 Å². The second-order valence-corrected chi connectivity index (χ2v) is 6.98. The van der Waals surface area contributed by atoms with E-state index in [1.54, 1.807) is 0 Å². The number of nitrogens with zero attached hydrogens (tertiary/aromatic N) is 4. The third kappa shape index (κ3) is 3.00. The lowest BCUT2D eigenvalue weighted by Crippen LogP contribution is -2.18. The molecule has 1 saturated carbocycles. The van der Waals surface area contributed by atoms with Gasteiger partial charge in [0.2, 0.25) is 0 Å². The third-order valence-electron chi connectivity index (χ3n) is 4.02. The van der Waals surface area contributed by atoms with Crippen LogP contribution in [-0.2, 0) is 5.41 Å². The molecular weight excluding hydrogens is 266 g/mol. The van der Waals surface area contributed by atoms with Crippen LogP contribution in [0.3, 0.4) is 0 Å². The molecule has 0 amide bonds. The van der Waals surface area contributed by atoms with Crippen molar-refractivity contribution in [3.8, 4) is 0 Å². The number of hydrogen-bond acceptors (Lipinski definition) is 5. The first kappa shape index (κ1) is 14.3. The van der Waals surface area contributed by atoms with Gasteiger partial charge in [0, 0.05) is 12.0 Å². The number of nitrogens with one attached hydrogen (secondary N) is 1. The topological polar surface area (TPSA) is 75.3 Å². The van der Waals surface area contributed by atoms with E-state index in [0.29, 0.717) is 5.92 Å². The van der Waals surface area contributed by atoms with E-state index in [-0.39, 0.29) is 11.5 Å². The molecule has 1 aliphatic rings. The molecule has 0 aromatic carbocycles. The van der Waals surface area contributed by atoms with Gasteiger partial charge in [-0.3, -0.25) is 0 Å². The van der Waals surface area contributed by atoms with Crippen LogP contribution in [0, 0.1) is 5.92 Å². The minimum atomic E-state index is -0.127. The molecule has 2 N–H and O–H groups in total. The summed E-state index contributed by atoms with van der Waals surface area (Å²) in [4.78, 5) is 0. The average molecular weight is 289 g/mol. The van der Waals surface area contributed by atoms with Crippen molar-refractivity contribution in [1.29, 1.82) is 0 Å². The summed E-state index contributed by atoms with van der Waals surface area (Å²) >= 11 is 0. The van der Waals surface area contributed by atoms with Gasteiger partial charge in [-0.15, -0.1) is 15.3 Å². The molecule has 1 aliphatic carbocycles. The van der Waals surface area contributed by atoms with E-state index >= 15 is 0 Å². The Kier molecular flexibility index (Phi) is 3.57. The van der Waals surface area contributed by atoms with Gasteiger partial charge in [0.25, 0.3) is 0 Å². The number of aromatic nitrogens is 4. The highest BCUT2D eigenvalue weighted by atomic mass is 16.3. The highest BCUT2D eigenvalue weighted by Gasteiger charge is 2.23. The smallest absolute Gasteiger partial charge is 0.178 e. The Bertz CT molecular complexity index is 631. The number of hydrogen-bond donors (Lipinski definition) is 2. The van der Waals surface area contributed by atoms with E-state index in [4.69, 9.17) is 0 Å². The molecule has 0 aliphatic heterocycles. The van der Waals surface area contributed by atoms with E-state index in [2.05, 4.69) is 41.4 Å². The fourth-order valence-electron chi connectivity index (χ4n) is 2.83. The molecule has 6 heteroatoms. The van der Waals surface area contributed by atoms with Gasteiger partial charge in [-0.2, -0.15) is 4.52 Å². The molecule has 2 unspecified atom stereocenters. The Morgan fingerprint density at radius 2 is 2.10 bits per heavy atom. The highest BCUT2D eigenvalue weighted by Crippen LogP contribution is 2.25. The van der Waals surface area contributed by atoms with Crippen LogP contribution >= 0.6 is 0 Å². The van der Waals surface area contributed by atoms with Gasteiger partial charge in [-0.25, -0.2) is 0 Å². The summed E-state index contributed by atoms with van der Waals surface area (Å²) in [6, 6.07) is 3.86. The molecule has 114 valence electrons. The zero-order chi connectivity index (χ0) is 15.0. The second-order valence-electron chi connectivity index (χ2n) is 6.98. The lowest BCUT2D eigenvalue weighted by Gasteiger charge is -2.16. The van der Waals surface area contributed by atoms with Crippen molar-refractivity contribution in [2.45, 2.75) is 51.6 Å². The Hall–Kier alpha value is -1.69. The SMILES string of the molecule is CC(C)(C)c1nnc2ccc(NCC3CCC(O)C3)nn12. The molecule has 1 fully saturated rings. The van der Waals surface area contributed by atoms with Crippen molar-refractivity contribution in [3.05, 3.63) is 18.0 Å². The van der Waals surface area contributed by atoms with E-state index < -0.39 is 0 Å². The van der Waals surface area contributed by atoms with Crippen LogP contribution in [0.1, 0.15) is 45.9 Å². The Labute approximate surface area is 124 Å². The van der Waals surface area contributed by atoms with E-state index in [0.717, 1.165) is 43.1 Å². The van der Waals surface area contributed by atoms with Gasteiger partial charge >= 0.3 is 0 Å². The first-order valence-electron chi connectivity index (χ1n) is 7.58. The summed E-state index contributed by atoms with van der Waals surface area (Å²) in [5.41, 5.74) is 0.669. The molecule has 2 heterocycles. The van der Waals surface area contributed by atoms with E-state index in [1.165, 1.54) is 0 Å². The molecule has 2 aromatic heterocycles. The molecule has 0 saturated heterocycles. The van der Waals surface area contributed by atoms with Gasteiger partial charge in [0.05, 0.1) is 6.10 Å². The van der Waals surface area contributed by atoms with Crippen LogP contribution in [0.5, 0.6) is 0 Å². The molecule has 0 radical (unpaired) electrons. The molecule has 0 spiro atoms. The molecule has 21 heavy (non-hydrogen) atoms. The third-order valence-corrected chi connectivity index (χ3v) is 4.02. The standard InChI is InChI=1S/C15H23N5O/c1-15(2,3)14-18-17-13-7-6-12(19-20(13)14)16-9-10-4-5-11(21)8-10/h6-7,10-11,21H,4-5,8-9H2,1-3H3,(H,16,19). The van der Waals surface area contributed by atoms with Gasteiger partial charge in [-0.05, 0) is 37.3 Å². The van der Waals surface area contributed by atoms with Crippen molar-refractivity contribution in [2.24, 2.45) is 5.92 Å². The minimum absolute atomic E-state index is 0.0966. The number of aliphatic hydroxyl groups excluding tert-OH is 1. The van der Waals surface area contributed by atoms with E-state index in [9.17, 15) is 5.11 Å². The van der Waals surface area contributed by atoms with Crippen LogP contribution in [0.15, 0.2) is 12.1 Å². The summed E-state index contributed by atoms with van der Waals surface area (Å²) in [5, 5.41) is 25.9. The lowest BCUT2D eigenvalue weighted by atomic mass is 9.96. The van der Waals surface area contributed by atoms with Crippen LogP contribution < -0.4 is 5.32 Å². The van der Waals surface area contributed by atoms with Gasteiger partial charge in [-0.1, -0.05) is 20.8 Å². The molecule has 6 nitrogen and oxygen atoms in total. The summed E-state index contributed by atoms with van der Waals surface area (Å²) in [6.45, 7) is 7.16. The van der Waals surface area contributed by atoms with Crippen molar-refractivity contribution in [1.82, 2.24) is 19.8 Å². The largest absolute Gasteiger partial charge is 0.393 e. The summed E-state index contributed by atoms with van der Waals surface area (Å²) < 4.78 is 1.81. The van der Waals surface area contributed by atoms with E-state index in [1.807, 2.05) is 16.6 Å². The monoisotopic (exact) mass is 289 g/mol. The Morgan fingerprint density at radius 3 is 2.76 bits per heavy atom. The summed E-state index contributed by atoms with van der Waals surface area (Å²) in [6.07, 6.45) is 2.75. The highest BCUT2D eigenvalue weighted by molar-refractivity contribution is 5.44. The quantitative estimate of drug-likeness (QED) is 0.904. The number of fused-ring (bicyclic) bond motifs is 1. The average Bonchev–Trinajstić information content (AvgIpc) is 3.01. The van der Waals surface area contributed by atoms with Crippen molar-refractivity contribution in [2.75, 3.05) is 11.9 Å². The van der Waals surface area contributed by atoms with Crippen LogP contribution in [0.25, 0.3) is 5.65 Å². The predicted octanol–water partition coefficient (Wildman–Crippen LogP) is 1.99. The second kappa shape index (κ2) is 5.26. The molecule has 3 rings (SSSR count). The Morgan fingerprint density at radius 1 is 1.29 bits per heavy atom. The van der Waals surface area contributed by atoms with Crippen molar-refractivity contribution >= 4 is 11.5 Å². The minimum Gasteiger partial charge on any atom is -0.393 e. The Balaban J connectivity index is 1.77. The molecular formula is C15H23N5O. The maximum atomic E-state index is 9.57. The number of rotatable bonds is 3. The summed E-state index contributed by atoms with van der Waals surface area (Å²) in [7, 11) is 0. The van der Waals surface area contributed by atoms with Crippen molar-refractivity contribution < 1.29 is 5.11 Å². The number of anilines is 1. The number of aliphatic hydroxyl groups is 1. The van der Waals surface area contributed by atoms with Gasteiger partial charge < -0.3 is 10.4 Å². The molecule has 0 bridgehead atoms. The normalized spacial score (nSPS) is 22.9. The molecule has 2 atom stereocenters. The first-order valence-corrected chi connectivity index (χ1v) is 7.58. The maximum absolute atomic E-state index is 9.57. The lowest BCUT2D eigenvalue weighted by molar-refractivity contribution is 0.178. The predicted molar refractivity (Wildman–Crippen MR) is 81.3 cm³/mol. The fourth-order valence-corrected chi connectivity index (χ4v) is 2.83. The van der Waals surface area contributed by atoms with Crippen LogP contribution in [0.2, 0.25) is 0 Å². The van der Waals surface area contributed by atoms with Crippen LogP contribution in [0.4, 0.5) is 5.82 Å². The summed E-state index contributed by atoms with van der Waals surface area (Å²) in [5.74, 6) is 2.21. The molecule has 2 aromatic rings. The zero-order valence-electron chi connectivity index (χ0n) is 12.9. The van der Waals surface area contributed by atoms with Gasteiger partial charge in [0.1, 0.15) is 5.82 Å². The van der Waals surface area contributed by atoms with Crippen LogP contribution in [-0.4, -0.2) is 37.6 Å². The first-order chi connectivity index (χ1) is 9.93.